The first-order valence-corrected chi connectivity index (χ1v) is 13.5. The molecule has 1 aliphatic heterocycles. The number of amides is 1. The van der Waals surface area contributed by atoms with Gasteiger partial charge in [-0.3, -0.25) is 9.59 Å². The number of aromatic amines is 1. The van der Waals surface area contributed by atoms with Crippen molar-refractivity contribution < 1.29 is 4.79 Å². The Hall–Kier alpha value is -2.62. The zero-order chi connectivity index (χ0) is 25.1. The molecule has 1 amide bonds. The monoisotopic (exact) mass is 496 g/mol. The molecule has 1 unspecified atom stereocenters. The van der Waals surface area contributed by atoms with Crippen molar-refractivity contribution in [3.05, 3.63) is 57.3 Å². The maximum absolute atomic E-state index is 13.5. The van der Waals surface area contributed by atoms with E-state index in [1.807, 2.05) is 38.3 Å². The quantitative estimate of drug-likeness (QED) is 0.413. The average Bonchev–Trinajstić information content (AvgIpc) is 3.14. The van der Waals surface area contributed by atoms with Crippen LogP contribution in [0.3, 0.4) is 0 Å². The second-order valence-corrected chi connectivity index (χ2v) is 10.3. The Morgan fingerprint density at radius 2 is 2.09 bits per heavy atom. The molecule has 1 fully saturated rings. The Kier molecular flexibility index (Phi) is 7.98. The number of nitrogens with zero attached hydrogens (tertiary/aromatic N) is 3. The van der Waals surface area contributed by atoms with Crippen molar-refractivity contribution in [1.29, 1.82) is 0 Å². The Bertz CT molecular complexity index is 1260. The summed E-state index contributed by atoms with van der Waals surface area (Å²) in [5, 5.41) is 3.85. The summed E-state index contributed by atoms with van der Waals surface area (Å²) < 4.78 is 2.24. The number of pyridine rings is 2. The van der Waals surface area contributed by atoms with Gasteiger partial charge in [0.1, 0.15) is 5.65 Å². The molecule has 1 aliphatic rings. The first-order chi connectivity index (χ1) is 16.8. The first kappa shape index (κ1) is 25.5. The molecule has 0 saturated carbocycles. The number of likely N-dealkylation sites (tertiary alicyclic amines) is 1. The van der Waals surface area contributed by atoms with Crippen LogP contribution in [0.4, 0.5) is 0 Å². The molecule has 4 N–H and O–H groups in total. The van der Waals surface area contributed by atoms with Gasteiger partial charge in [0.15, 0.2) is 0 Å². The number of aryl methyl sites for hydroxylation is 1. The number of hydrogen-bond acceptors (Lipinski definition) is 6. The number of thioether (sulfide) groups is 1. The van der Waals surface area contributed by atoms with Crippen molar-refractivity contribution in [2.75, 3.05) is 32.4 Å². The lowest BCUT2D eigenvalue weighted by Gasteiger charge is -2.35. The normalized spacial score (nSPS) is 16.0. The van der Waals surface area contributed by atoms with E-state index in [-0.39, 0.29) is 24.1 Å². The second-order valence-electron chi connectivity index (χ2n) is 9.42. The first-order valence-electron chi connectivity index (χ1n) is 12.3. The van der Waals surface area contributed by atoms with Gasteiger partial charge in [-0.25, -0.2) is 4.98 Å². The molecule has 3 aromatic rings. The summed E-state index contributed by atoms with van der Waals surface area (Å²) in [7, 11) is 0. The predicted octanol–water partition coefficient (Wildman–Crippen LogP) is 3.23. The van der Waals surface area contributed by atoms with Crippen LogP contribution in [-0.2, 0) is 6.54 Å². The number of fused-ring (bicyclic) bond motifs is 1. The lowest BCUT2D eigenvalue weighted by molar-refractivity contribution is 0.0951. The molecule has 1 saturated heterocycles. The van der Waals surface area contributed by atoms with Crippen LogP contribution in [-0.4, -0.2) is 57.8 Å². The fourth-order valence-corrected chi connectivity index (χ4v) is 6.09. The zero-order valence-electron chi connectivity index (χ0n) is 21.1. The van der Waals surface area contributed by atoms with Gasteiger partial charge in [0.05, 0.1) is 5.56 Å². The number of carbonyl (C=O) groups excluding carboxylic acids is 1. The number of H-pyrrole nitrogens is 1. The number of nitrogens with one attached hydrogen (secondary N) is 2. The largest absolute Gasteiger partial charge is 0.348 e. The molecule has 4 rings (SSSR count). The molecule has 0 spiro atoms. The molecule has 188 valence electrons. The molecular formula is C26H36N6O2S. The molecule has 4 heterocycles. The zero-order valence-corrected chi connectivity index (χ0v) is 21.9. The average molecular weight is 497 g/mol. The van der Waals surface area contributed by atoms with Gasteiger partial charge < -0.3 is 25.5 Å². The summed E-state index contributed by atoms with van der Waals surface area (Å²) in [5.74, 6) is 0.322. The predicted molar refractivity (Wildman–Crippen MR) is 142 cm³/mol. The van der Waals surface area contributed by atoms with Gasteiger partial charge in [-0.05, 0) is 77.1 Å². The van der Waals surface area contributed by atoms with E-state index in [1.165, 1.54) is 11.8 Å². The topological polar surface area (TPSA) is 109 Å². The van der Waals surface area contributed by atoms with E-state index in [0.29, 0.717) is 23.6 Å². The van der Waals surface area contributed by atoms with Crippen LogP contribution >= 0.6 is 11.8 Å². The van der Waals surface area contributed by atoms with Crippen LogP contribution < -0.4 is 16.6 Å². The van der Waals surface area contributed by atoms with Crippen molar-refractivity contribution in [2.45, 2.75) is 51.1 Å². The summed E-state index contributed by atoms with van der Waals surface area (Å²) in [6.45, 7) is 10.0. The maximum atomic E-state index is 13.5. The Balaban J connectivity index is 1.61. The smallest absolute Gasteiger partial charge is 0.254 e. The molecule has 1 atom stereocenters. The third-order valence-electron chi connectivity index (χ3n) is 7.28. The van der Waals surface area contributed by atoms with Crippen molar-refractivity contribution in [1.82, 2.24) is 24.8 Å². The fourth-order valence-electron chi connectivity index (χ4n) is 5.39. The number of nitrogens with two attached hydrogens (primary N) is 1. The van der Waals surface area contributed by atoms with Crippen LogP contribution in [0.1, 0.15) is 53.1 Å². The molecule has 0 aliphatic carbocycles. The van der Waals surface area contributed by atoms with E-state index in [9.17, 15) is 9.59 Å². The highest BCUT2D eigenvalue weighted by Gasteiger charge is 2.29. The molecule has 9 heteroatoms. The van der Waals surface area contributed by atoms with Crippen LogP contribution in [0.15, 0.2) is 34.1 Å². The summed E-state index contributed by atoms with van der Waals surface area (Å²) in [4.78, 5) is 36.8. The van der Waals surface area contributed by atoms with Crippen LogP contribution in [0.2, 0.25) is 0 Å². The summed E-state index contributed by atoms with van der Waals surface area (Å²) in [6, 6.07) is 5.99. The van der Waals surface area contributed by atoms with Crippen LogP contribution in [0.5, 0.6) is 0 Å². The Labute approximate surface area is 210 Å². The molecule has 3 aromatic heterocycles. The van der Waals surface area contributed by atoms with Gasteiger partial charge in [0, 0.05) is 59.1 Å². The standard InChI is InChI=1S/C26H36N6O2S/c1-16-14-22(35-4)21(25(33)30-16)15-29-26(34)23-18(3)32(24-20(23)6-5-10-28-24)17(2)19-7-11-31(12-8-19)13-9-27/h5-6,10,14,17,19H,7-9,11-13,15,27H2,1-4H3,(H,29,34)(H,30,33). The third-order valence-corrected chi connectivity index (χ3v) is 8.08. The number of carbonyl (C=O) groups is 1. The van der Waals surface area contributed by atoms with E-state index < -0.39 is 0 Å². The van der Waals surface area contributed by atoms with E-state index >= 15 is 0 Å². The van der Waals surface area contributed by atoms with Gasteiger partial charge >= 0.3 is 0 Å². The summed E-state index contributed by atoms with van der Waals surface area (Å²) >= 11 is 1.51. The second kappa shape index (κ2) is 11.0. The number of aromatic nitrogens is 3. The Morgan fingerprint density at radius 3 is 2.77 bits per heavy atom. The van der Waals surface area contributed by atoms with E-state index in [1.54, 1.807) is 6.20 Å². The van der Waals surface area contributed by atoms with Gasteiger partial charge in [-0.1, -0.05) is 0 Å². The van der Waals surface area contributed by atoms with Gasteiger partial charge in [0.25, 0.3) is 11.5 Å². The van der Waals surface area contributed by atoms with Crippen molar-refractivity contribution in [3.8, 4) is 0 Å². The van der Waals surface area contributed by atoms with Crippen molar-refractivity contribution in [3.63, 3.8) is 0 Å². The molecular weight excluding hydrogens is 460 g/mol. The maximum Gasteiger partial charge on any atom is 0.254 e. The SMILES string of the molecule is CSc1cc(C)[nH]c(=O)c1CNC(=O)c1c(C)n(C(C)C2CCN(CCN)CC2)c2ncccc12. The van der Waals surface area contributed by atoms with Gasteiger partial charge in [-0.2, -0.15) is 0 Å². The highest BCUT2D eigenvalue weighted by atomic mass is 32.2. The Morgan fingerprint density at radius 1 is 1.34 bits per heavy atom. The van der Waals surface area contributed by atoms with Crippen LogP contribution in [0, 0.1) is 19.8 Å². The lowest BCUT2D eigenvalue weighted by Crippen LogP contribution is -2.39. The minimum atomic E-state index is -0.184. The van der Waals surface area contributed by atoms with E-state index in [0.717, 1.165) is 59.8 Å². The summed E-state index contributed by atoms with van der Waals surface area (Å²) in [5.41, 5.74) is 9.35. The van der Waals surface area contributed by atoms with E-state index in [2.05, 4.69) is 31.7 Å². The minimum absolute atomic E-state index is 0.162. The molecule has 35 heavy (non-hydrogen) atoms. The van der Waals surface area contributed by atoms with Crippen molar-refractivity contribution >= 4 is 28.7 Å². The van der Waals surface area contributed by atoms with Gasteiger partial charge in [0.2, 0.25) is 0 Å². The van der Waals surface area contributed by atoms with Gasteiger partial charge in [-0.15, -0.1) is 11.8 Å². The van der Waals surface area contributed by atoms with E-state index in [4.69, 9.17) is 5.73 Å². The molecule has 8 nitrogen and oxygen atoms in total. The lowest BCUT2D eigenvalue weighted by atomic mass is 9.90. The molecule has 0 radical (unpaired) electrons. The number of hydrogen-bond donors (Lipinski definition) is 3. The highest BCUT2D eigenvalue weighted by molar-refractivity contribution is 7.98. The highest BCUT2D eigenvalue weighted by Crippen LogP contribution is 2.35. The minimum Gasteiger partial charge on any atom is -0.348 e. The molecule has 0 aromatic carbocycles. The van der Waals surface area contributed by atoms with Crippen molar-refractivity contribution in [2.24, 2.45) is 11.7 Å². The number of rotatable bonds is 8. The van der Waals surface area contributed by atoms with Crippen LogP contribution in [0.25, 0.3) is 11.0 Å². The number of piperidine rings is 1. The molecule has 0 bridgehead atoms. The third kappa shape index (κ3) is 5.17. The summed E-state index contributed by atoms with van der Waals surface area (Å²) in [6.07, 6.45) is 5.92. The fraction of sp³-hybridized carbons (Fsp3) is 0.500.